The van der Waals surface area contributed by atoms with Crippen molar-refractivity contribution in [3.63, 3.8) is 0 Å². The van der Waals surface area contributed by atoms with Gasteiger partial charge in [0.2, 0.25) is 47.5 Å². The van der Waals surface area contributed by atoms with Crippen molar-refractivity contribution in [1.82, 2.24) is 41.3 Å². The molecule has 8 amide bonds. The molecule has 1 aromatic carbocycles. The maximum atomic E-state index is 14.1. The number of hydrogen-bond donors (Lipinski definition) is 8. The Morgan fingerprint density at radius 3 is 1.72 bits per heavy atom. The molecule has 83 heavy (non-hydrogen) atoms. The first-order chi connectivity index (χ1) is 38.6. The maximum Gasteiger partial charge on any atom is 0.348 e. The van der Waals surface area contributed by atoms with Gasteiger partial charge in [0.25, 0.3) is 5.91 Å². The first-order valence-corrected chi connectivity index (χ1v) is 28.5. The molecule has 1 fully saturated rings. The fourth-order valence-corrected chi connectivity index (χ4v) is 9.78. The molecule has 0 bridgehead atoms. The quantitative estimate of drug-likeness (QED) is 0.0351. The van der Waals surface area contributed by atoms with E-state index in [9.17, 15) is 63.0 Å². The Labute approximate surface area is 488 Å². The van der Waals surface area contributed by atoms with Gasteiger partial charge in [-0.2, -0.15) is 0 Å². The third-order valence-corrected chi connectivity index (χ3v) is 14.1. The van der Waals surface area contributed by atoms with E-state index in [2.05, 4.69) is 26.6 Å². The monoisotopic (exact) mass is 1170 g/mol. The highest BCUT2D eigenvalue weighted by atomic mass is 16.6. The lowest BCUT2D eigenvalue weighted by atomic mass is 9.96. The second-order valence-corrected chi connectivity index (χ2v) is 23.7. The van der Waals surface area contributed by atoms with Crippen molar-refractivity contribution in [2.75, 3.05) is 34.8 Å². The van der Waals surface area contributed by atoms with E-state index in [1.807, 2.05) is 13.8 Å². The van der Waals surface area contributed by atoms with Gasteiger partial charge in [-0.05, 0) is 82.9 Å². The molecule has 1 aromatic rings. The molecular formula is C58H95N9O16. The molecule has 0 saturated carbocycles. The van der Waals surface area contributed by atoms with Crippen molar-refractivity contribution in [3.05, 3.63) is 35.9 Å². The fourth-order valence-electron chi connectivity index (χ4n) is 9.78. The van der Waals surface area contributed by atoms with Crippen LogP contribution in [0.4, 0.5) is 0 Å². The Hall–Kier alpha value is -6.73. The minimum absolute atomic E-state index is 0.00529. The van der Waals surface area contributed by atoms with E-state index in [0.717, 1.165) is 5.56 Å². The number of carbonyl (C=O) groups excluding carboxylic acids is 11. The lowest BCUT2D eigenvalue weighted by molar-refractivity contribution is -0.181. The molecule has 0 aromatic heterocycles. The van der Waals surface area contributed by atoms with E-state index in [-0.39, 0.29) is 43.6 Å². The lowest BCUT2D eigenvalue weighted by Gasteiger charge is -2.34. The summed E-state index contributed by atoms with van der Waals surface area (Å²) in [7, 11) is 6.02. The highest BCUT2D eigenvalue weighted by Gasteiger charge is 2.43. The van der Waals surface area contributed by atoms with Crippen molar-refractivity contribution < 1.29 is 77.2 Å². The minimum Gasteiger partial charge on any atom is -0.467 e. The van der Waals surface area contributed by atoms with Crippen LogP contribution in [0, 0.1) is 29.6 Å². The Kier molecular flexibility index (Phi) is 29.8. The van der Waals surface area contributed by atoms with E-state index in [0.29, 0.717) is 12.8 Å². The molecule has 2 rings (SSSR count). The first-order valence-electron chi connectivity index (χ1n) is 28.5. The number of benzene rings is 1. The van der Waals surface area contributed by atoms with Gasteiger partial charge >= 0.3 is 17.9 Å². The summed E-state index contributed by atoms with van der Waals surface area (Å²) in [5.41, 5.74) is 6.26. The number of esters is 3. The number of amides is 8. The van der Waals surface area contributed by atoms with Crippen LogP contribution >= 0.6 is 0 Å². The van der Waals surface area contributed by atoms with Crippen LogP contribution in [0.15, 0.2) is 30.3 Å². The number of methoxy groups -OCH3 is 1. The Morgan fingerprint density at radius 1 is 0.663 bits per heavy atom. The van der Waals surface area contributed by atoms with Crippen LogP contribution in [0.3, 0.4) is 0 Å². The summed E-state index contributed by atoms with van der Waals surface area (Å²) in [6.07, 6.45) is -6.52. The molecule has 1 saturated heterocycles. The summed E-state index contributed by atoms with van der Waals surface area (Å²) in [6, 6.07) is -0.980. The summed E-state index contributed by atoms with van der Waals surface area (Å²) in [5, 5.41) is 34.8. The largest absolute Gasteiger partial charge is 0.467 e. The number of nitrogens with zero attached hydrogens (tertiary/aromatic N) is 3. The molecular weight excluding hydrogens is 1080 g/mol. The van der Waals surface area contributed by atoms with E-state index in [4.69, 9.17) is 19.9 Å². The van der Waals surface area contributed by atoms with Gasteiger partial charge in [0.05, 0.1) is 38.2 Å². The summed E-state index contributed by atoms with van der Waals surface area (Å²) in [6.45, 7) is 20.0. The number of rotatable bonds is 33. The highest BCUT2D eigenvalue weighted by Crippen LogP contribution is 2.24. The van der Waals surface area contributed by atoms with Crippen LogP contribution in [0.1, 0.15) is 127 Å². The summed E-state index contributed by atoms with van der Waals surface area (Å²) < 4.78 is 16.3. The number of likely N-dealkylation sites (tertiary alicyclic amines) is 1. The zero-order valence-electron chi connectivity index (χ0n) is 51.4. The SMILES string of the molecule is COC(=O)[C@@H]1CCCN1C(=O)[C@@H](Cc1ccccc1)N(C)C(=O)[C@H](C)NC(=O)[C@@H](NC(=O)CC(O)[C@H](CC(C)C)NC(=O)[C@H](CC(N)=O)NC(=O)[C@H](CC(C)C)NC(=O)[C@H](OC(=O)[C@@H](OC(=O)[C@H](C(C)C)N(C)C)C(C)C)C(C)C)[C@@H](C)O. The van der Waals surface area contributed by atoms with E-state index >= 15 is 0 Å². The van der Waals surface area contributed by atoms with Crippen LogP contribution in [0.25, 0.3) is 0 Å². The molecule has 1 aliphatic heterocycles. The number of carbonyl (C=O) groups is 11. The first kappa shape index (κ1) is 72.4. The van der Waals surface area contributed by atoms with Crippen LogP contribution in [-0.4, -0.2) is 198 Å². The summed E-state index contributed by atoms with van der Waals surface area (Å²) in [4.78, 5) is 154. The van der Waals surface area contributed by atoms with Crippen molar-refractivity contribution in [2.45, 2.75) is 201 Å². The van der Waals surface area contributed by atoms with Crippen molar-refractivity contribution in [2.24, 2.45) is 35.3 Å². The number of hydrogen-bond acceptors (Lipinski definition) is 17. The molecule has 468 valence electrons. The van der Waals surface area contributed by atoms with Crippen molar-refractivity contribution >= 4 is 65.2 Å². The Bertz CT molecular complexity index is 2360. The Morgan fingerprint density at radius 2 is 1.22 bits per heavy atom. The zero-order chi connectivity index (χ0) is 63.3. The predicted octanol–water partition coefficient (Wildman–Crippen LogP) is 0.485. The Balaban J connectivity index is 2.29. The molecule has 25 heteroatoms. The van der Waals surface area contributed by atoms with E-state index in [1.54, 1.807) is 105 Å². The van der Waals surface area contributed by atoms with Crippen molar-refractivity contribution in [3.8, 4) is 0 Å². The number of ether oxygens (including phenoxy) is 3. The molecule has 1 aliphatic rings. The zero-order valence-corrected chi connectivity index (χ0v) is 51.4. The smallest absolute Gasteiger partial charge is 0.348 e. The number of aliphatic hydroxyl groups excluding tert-OH is 2. The molecule has 0 aliphatic carbocycles. The van der Waals surface area contributed by atoms with Crippen LogP contribution in [0.5, 0.6) is 0 Å². The predicted molar refractivity (Wildman–Crippen MR) is 306 cm³/mol. The van der Waals surface area contributed by atoms with Gasteiger partial charge in [0, 0.05) is 25.9 Å². The fraction of sp³-hybridized carbons (Fsp3) is 0.707. The number of nitrogens with one attached hydrogen (secondary N) is 5. The normalized spacial score (nSPS) is 17.4. The number of primary amides is 1. The van der Waals surface area contributed by atoms with Crippen LogP contribution < -0.4 is 32.3 Å². The molecule has 0 radical (unpaired) electrons. The molecule has 12 atom stereocenters. The summed E-state index contributed by atoms with van der Waals surface area (Å²) in [5.74, 6) is -11.0. The van der Waals surface area contributed by atoms with E-state index < -0.39 is 163 Å². The van der Waals surface area contributed by atoms with Gasteiger partial charge < -0.3 is 66.5 Å². The molecule has 1 heterocycles. The second kappa shape index (κ2) is 34.1. The van der Waals surface area contributed by atoms with Crippen LogP contribution in [0.2, 0.25) is 0 Å². The number of aliphatic hydroxyl groups is 2. The minimum atomic E-state index is -1.68. The van der Waals surface area contributed by atoms with Gasteiger partial charge in [0.15, 0.2) is 6.10 Å². The number of likely N-dealkylation sites (N-methyl/N-ethyl adjacent to an activating group) is 2. The number of nitrogens with two attached hydrogens (primary N) is 1. The summed E-state index contributed by atoms with van der Waals surface area (Å²) >= 11 is 0. The molecule has 0 spiro atoms. The maximum absolute atomic E-state index is 14.1. The lowest BCUT2D eigenvalue weighted by Crippen LogP contribution is -2.60. The van der Waals surface area contributed by atoms with E-state index in [1.165, 1.54) is 37.8 Å². The van der Waals surface area contributed by atoms with Gasteiger partial charge in [-0.1, -0.05) is 99.6 Å². The highest BCUT2D eigenvalue weighted by molar-refractivity contribution is 5.97. The van der Waals surface area contributed by atoms with Gasteiger partial charge in [-0.3, -0.25) is 48.1 Å². The van der Waals surface area contributed by atoms with Gasteiger partial charge in [-0.25, -0.2) is 9.59 Å². The van der Waals surface area contributed by atoms with Gasteiger partial charge in [0.1, 0.15) is 42.3 Å². The third kappa shape index (κ3) is 22.8. The average Bonchev–Trinajstić information content (AvgIpc) is 4.08. The average molecular weight is 1170 g/mol. The third-order valence-electron chi connectivity index (χ3n) is 14.1. The standard InChI is InChI=1S/C58H95N9O16/c1-30(2)25-38(43(69)29-45(71)64-46(36(12)68)52(74)60-35(11)54(76)66(15)42(27-37-21-18-17-19-22-37)55(77)67-24-20-23-41(67)56(78)81-16)61-51(73)40(28-44(59)70)62-50(72)39(26-31(3)4)63-53(75)48(33(7)8)82-58(80)49(34(9)10)83-57(79)47(32(5)6)65(13)14/h17-19,21-22,30-36,38-43,46-49,68-69H,20,23-29H2,1-16H3,(H2,59,70)(H,60,74)(H,61,73)(H,62,72)(H,63,75)(H,64,71)/t35-,36+,38-,39-,40-,41-,42+,43?,46-,47-,48+,49-/m0/s1. The second-order valence-electron chi connectivity index (χ2n) is 23.7. The van der Waals surface area contributed by atoms with Gasteiger partial charge in [-0.15, -0.1) is 0 Å². The van der Waals surface area contributed by atoms with Crippen LogP contribution in [-0.2, 0) is 73.4 Å². The topological polar surface area (TPSA) is 352 Å². The molecule has 25 nitrogen and oxygen atoms in total. The molecule has 1 unspecified atom stereocenters. The molecule has 9 N–H and O–H groups in total. The van der Waals surface area contributed by atoms with Crippen molar-refractivity contribution in [1.29, 1.82) is 0 Å².